The molecule has 0 fully saturated rings. The summed E-state index contributed by atoms with van der Waals surface area (Å²) in [5.74, 6) is -0.00334. The fourth-order valence-corrected chi connectivity index (χ4v) is 1.77. The molecule has 0 bridgehead atoms. The van der Waals surface area contributed by atoms with Gasteiger partial charge in [-0.25, -0.2) is 0 Å². The van der Waals surface area contributed by atoms with Crippen LogP contribution in [0.5, 0.6) is 0 Å². The molecule has 1 aromatic carbocycles. The summed E-state index contributed by atoms with van der Waals surface area (Å²) in [5, 5.41) is 3.31. The van der Waals surface area contributed by atoms with Gasteiger partial charge in [0.25, 0.3) is 0 Å². The van der Waals surface area contributed by atoms with Gasteiger partial charge in [-0.2, -0.15) is 0 Å². The minimum absolute atomic E-state index is 0.127. The summed E-state index contributed by atoms with van der Waals surface area (Å²) in [6.07, 6.45) is 0. The molecule has 0 spiro atoms. The minimum atomic E-state index is -0.268. The average molecular weight is 235 g/mol. The van der Waals surface area contributed by atoms with Crippen molar-refractivity contribution in [2.45, 2.75) is 32.9 Å². The molecule has 1 rings (SSSR count). The van der Waals surface area contributed by atoms with E-state index < -0.39 is 0 Å². The van der Waals surface area contributed by atoms with Gasteiger partial charge in [0, 0.05) is 6.04 Å². The summed E-state index contributed by atoms with van der Waals surface area (Å²) in [7, 11) is 1.42. The first-order valence-corrected chi connectivity index (χ1v) is 5.95. The number of esters is 1. The summed E-state index contributed by atoms with van der Waals surface area (Å²) in [6, 6.07) is 9.93. The Morgan fingerprint density at radius 1 is 1.18 bits per heavy atom. The average Bonchev–Trinajstić information content (AvgIpc) is 2.35. The number of rotatable bonds is 5. The largest absolute Gasteiger partial charge is 0.468 e. The third kappa shape index (κ3) is 3.86. The van der Waals surface area contributed by atoms with Crippen LogP contribution >= 0.6 is 0 Å². The van der Waals surface area contributed by atoms with Crippen LogP contribution in [-0.4, -0.2) is 19.1 Å². The second-order valence-electron chi connectivity index (χ2n) is 4.54. The fraction of sp³-hybridized carbons (Fsp3) is 0.500. The quantitative estimate of drug-likeness (QED) is 0.797. The van der Waals surface area contributed by atoms with Crippen molar-refractivity contribution < 1.29 is 9.53 Å². The minimum Gasteiger partial charge on any atom is -0.468 e. The first-order valence-electron chi connectivity index (χ1n) is 5.95. The van der Waals surface area contributed by atoms with E-state index in [1.165, 1.54) is 12.7 Å². The third-order valence-electron chi connectivity index (χ3n) is 2.85. The molecule has 1 aromatic rings. The van der Waals surface area contributed by atoms with Crippen molar-refractivity contribution in [1.82, 2.24) is 5.32 Å². The Bertz CT molecular complexity index is 348. The van der Waals surface area contributed by atoms with Crippen molar-refractivity contribution in [2.75, 3.05) is 7.11 Å². The van der Waals surface area contributed by atoms with Gasteiger partial charge in [-0.1, -0.05) is 44.2 Å². The van der Waals surface area contributed by atoms with E-state index in [-0.39, 0.29) is 24.0 Å². The van der Waals surface area contributed by atoms with E-state index >= 15 is 0 Å². The Balaban J connectivity index is 2.71. The summed E-state index contributed by atoms with van der Waals surface area (Å²) in [6.45, 7) is 6.06. The highest BCUT2D eigenvalue weighted by Gasteiger charge is 2.24. The van der Waals surface area contributed by atoms with E-state index in [2.05, 4.69) is 5.32 Å². The molecule has 17 heavy (non-hydrogen) atoms. The van der Waals surface area contributed by atoms with Gasteiger partial charge in [0.2, 0.25) is 0 Å². The van der Waals surface area contributed by atoms with Crippen LogP contribution in [-0.2, 0) is 9.53 Å². The van der Waals surface area contributed by atoms with E-state index in [1.807, 2.05) is 51.1 Å². The molecule has 2 unspecified atom stereocenters. The molecule has 0 saturated carbocycles. The molecule has 0 radical (unpaired) electrons. The zero-order valence-electron chi connectivity index (χ0n) is 10.9. The number of hydrogen-bond acceptors (Lipinski definition) is 3. The summed E-state index contributed by atoms with van der Waals surface area (Å²) in [5.41, 5.74) is 1.17. The molecule has 0 heterocycles. The van der Waals surface area contributed by atoms with Gasteiger partial charge in [-0.15, -0.1) is 0 Å². The monoisotopic (exact) mass is 235 g/mol. The normalized spacial score (nSPS) is 14.4. The Labute approximate surface area is 103 Å². The van der Waals surface area contributed by atoms with Gasteiger partial charge in [-0.3, -0.25) is 10.1 Å². The summed E-state index contributed by atoms with van der Waals surface area (Å²) >= 11 is 0. The maximum atomic E-state index is 11.6. The van der Waals surface area contributed by atoms with Crippen LogP contribution in [0.25, 0.3) is 0 Å². The zero-order valence-corrected chi connectivity index (χ0v) is 10.9. The standard InChI is InChI=1S/C14H21NO2/c1-10(2)13(14(16)17-4)15-11(3)12-8-6-5-7-9-12/h5-11,13,15H,1-4H3. The lowest BCUT2D eigenvalue weighted by atomic mass is 10.0. The number of carbonyl (C=O) groups excluding carboxylic acids is 1. The maximum Gasteiger partial charge on any atom is 0.323 e. The van der Waals surface area contributed by atoms with Gasteiger partial charge in [0.15, 0.2) is 0 Å². The van der Waals surface area contributed by atoms with Crippen molar-refractivity contribution in [3.8, 4) is 0 Å². The van der Waals surface area contributed by atoms with Crippen LogP contribution in [0.1, 0.15) is 32.4 Å². The Hall–Kier alpha value is -1.35. The Morgan fingerprint density at radius 2 is 1.76 bits per heavy atom. The molecule has 3 heteroatoms. The number of ether oxygens (including phenoxy) is 1. The number of benzene rings is 1. The smallest absolute Gasteiger partial charge is 0.323 e. The van der Waals surface area contributed by atoms with Crippen LogP contribution in [0.3, 0.4) is 0 Å². The van der Waals surface area contributed by atoms with Crippen molar-refractivity contribution >= 4 is 5.97 Å². The highest BCUT2D eigenvalue weighted by atomic mass is 16.5. The lowest BCUT2D eigenvalue weighted by molar-refractivity contribution is -0.144. The molecule has 0 aliphatic heterocycles. The van der Waals surface area contributed by atoms with Gasteiger partial charge in [0.1, 0.15) is 6.04 Å². The second-order valence-corrected chi connectivity index (χ2v) is 4.54. The number of nitrogens with one attached hydrogen (secondary N) is 1. The maximum absolute atomic E-state index is 11.6. The molecule has 1 N–H and O–H groups in total. The summed E-state index contributed by atoms with van der Waals surface area (Å²) < 4.78 is 4.81. The third-order valence-corrected chi connectivity index (χ3v) is 2.85. The van der Waals surface area contributed by atoms with Crippen LogP contribution in [0, 0.1) is 5.92 Å². The fourth-order valence-electron chi connectivity index (χ4n) is 1.77. The van der Waals surface area contributed by atoms with E-state index in [0.717, 1.165) is 0 Å². The molecule has 0 aliphatic carbocycles. The number of methoxy groups -OCH3 is 1. The van der Waals surface area contributed by atoms with Crippen molar-refractivity contribution in [1.29, 1.82) is 0 Å². The van der Waals surface area contributed by atoms with Gasteiger partial charge in [0.05, 0.1) is 7.11 Å². The van der Waals surface area contributed by atoms with Gasteiger partial charge in [-0.05, 0) is 18.4 Å². The van der Waals surface area contributed by atoms with E-state index in [0.29, 0.717) is 0 Å². The molecule has 0 aromatic heterocycles. The van der Waals surface area contributed by atoms with Crippen molar-refractivity contribution in [2.24, 2.45) is 5.92 Å². The van der Waals surface area contributed by atoms with Gasteiger partial charge < -0.3 is 4.74 Å². The number of hydrogen-bond donors (Lipinski definition) is 1. The van der Waals surface area contributed by atoms with E-state index in [1.54, 1.807) is 0 Å². The van der Waals surface area contributed by atoms with Crippen LogP contribution < -0.4 is 5.32 Å². The van der Waals surface area contributed by atoms with Crippen LogP contribution in [0.4, 0.5) is 0 Å². The first kappa shape index (κ1) is 13.7. The summed E-state index contributed by atoms with van der Waals surface area (Å²) in [4.78, 5) is 11.6. The highest BCUT2D eigenvalue weighted by molar-refractivity contribution is 5.76. The molecule has 94 valence electrons. The van der Waals surface area contributed by atoms with Crippen LogP contribution in [0.2, 0.25) is 0 Å². The van der Waals surface area contributed by atoms with Crippen LogP contribution in [0.15, 0.2) is 30.3 Å². The molecular formula is C14H21NO2. The van der Waals surface area contributed by atoms with E-state index in [4.69, 9.17) is 4.74 Å². The zero-order chi connectivity index (χ0) is 12.8. The molecule has 0 aliphatic rings. The topological polar surface area (TPSA) is 38.3 Å². The predicted molar refractivity (Wildman–Crippen MR) is 68.6 cm³/mol. The lowest BCUT2D eigenvalue weighted by Crippen LogP contribution is -2.42. The molecule has 0 amide bonds. The molecule has 2 atom stereocenters. The SMILES string of the molecule is COC(=O)C(NC(C)c1ccccc1)C(C)C. The Kier molecular flexibility index (Phi) is 5.16. The lowest BCUT2D eigenvalue weighted by Gasteiger charge is -2.24. The second kappa shape index (κ2) is 6.40. The Morgan fingerprint density at radius 3 is 2.24 bits per heavy atom. The predicted octanol–water partition coefficient (Wildman–Crippen LogP) is 2.53. The van der Waals surface area contributed by atoms with Gasteiger partial charge >= 0.3 is 5.97 Å². The molecule has 3 nitrogen and oxygen atoms in total. The van der Waals surface area contributed by atoms with E-state index in [9.17, 15) is 4.79 Å². The van der Waals surface area contributed by atoms with Crippen molar-refractivity contribution in [3.05, 3.63) is 35.9 Å². The first-order chi connectivity index (χ1) is 8.06. The molecular weight excluding hydrogens is 214 g/mol. The van der Waals surface area contributed by atoms with Crippen molar-refractivity contribution in [3.63, 3.8) is 0 Å². The number of carbonyl (C=O) groups is 1. The molecule has 0 saturated heterocycles. The highest BCUT2D eigenvalue weighted by Crippen LogP contribution is 2.15.